The molecule has 2 aromatic carbocycles. The van der Waals surface area contributed by atoms with E-state index in [-0.39, 0.29) is 6.04 Å². The molecule has 104 valence electrons. The van der Waals surface area contributed by atoms with Gasteiger partial charge in [0.1, 0.15) is 23.0 Å². The van der Waals surface area contributed by atoms with Crippen molar-refractivity contribution in [3.8, 4) is 0 Å². The Bertz CT molecular complexity index is 874. The Morgan fingerprint density at radius 3 is 2.52 bits per heavy atom. The topological polar surface area (TPSA) is 64.3 Å². The summed E-state index contributed by atoms with van der Waals surface area (Å²) in [5.74, 6) is 6.53. The fourth-order valence-electron chi connectivity index (χ4n) is 2.69. The van der Waals surface area contributed by atoms with Crippen molar-refractivity contribution in [2.75, 3.05) is 0 Å². The maximum absolute atomic E-state index is 5.91. The minimum atomic E-state index is -0.249. The van der Waals surface area contributed by atoms with Crippen molar-refractivity contribution in [1.82, 2.24) is 5.43 Å². The molecule has 0 aliphatic carbocycles. The number of hydrazine groups is 1. The Hall–Kier alpha value is -2.56. The maximum Gasteiger partial charge on any atom is 0.134 e. The summed E-state index contributed by atoms with van der Waals surface area (Å²) in [7, 11) is 0. The van der Waals surface area contributed by atoms with Crippen LogP contribution in [0.25, 0.3) is 21.9 Å². The predicted octanol–water partition coefficient (Wildman–Crippen LogP) is 3.73. The highest BCUT2D eigenvalue weighted by Crippen LogP contribution is 2.32. The van der Waals surface area contributed by atoms with E-state index in [2.05, 4.69) is 5.43 Å². The first-order valence-electron chi connectivity index (χ1n) is 6.77. The van der Waals surface area contributed by atoms with Gasteiger partial charge in [-0.25, -0.2) is 5.43 Å². The van der Waals surface area contributed by atoms with Gasteiger partial charge in [-0.2, -0.15) is 0 Å². The van der Waals surface area contributed by atoms with Crippen molar-refractivity contribution in [2.24, 2.45) is 5.84 Å². The largest absolute Gasteiger partial charge is 0.464 e. The van der Waals surface area contributed by atoms with E-state index in [1.165, 1.54) is 0 Å². The molecule has 1 atom stereocenters. The van der Waals surface area contributed by atoms with Gasteiger partial charge in [-0.1, -0.05) is 36.4 Å². The molecule has 4 aromatic rings. The molecule has 0 bridgehead atoms. The molecule has 2 heterocycles. The van der Waals surface area contributed by atoms with E-state index in [1.54, 1.807) is 6.26 Å². The van der Waals surface area contributed by atoms with Crippen LogP contribution in [0.15, 0.2) is 69.7 Å². The van der Waals surface area contributed by atoms with Gasteiger partial charge in [-0.05, 0) is 18.2 Å². The molecule has 1 unspecified atom stereocenters. The van der Waals surface area contributed by atoms with Gasteiger partial charge in [-0.15, -0.1) is 0 Å². The second kappa shape index (κ2) is 4.77. The number of rotatable bonds is 3. The molecular weight excluding hydrogens is 264 g/mol. The number of furan rings is 2. The normalized spacial score (nSPS) is 13.0. The van der Waals surface area contributed by atoms with Gasteiger partial charge in [0.25, 0.3) is 0 Å². The molecule has 0 fully saturated rings. The molecule has 0 saturated heterocycles. The lowest BCUT2D eigenvalue weighted by Gasteiger charge is -2.11. The Morgan fingerprint density at radius 2 is 1.71 bits per heavy atom. The lowest BCUT2D eigenvalue weighted by Crippen LogP contribution is -2.28. The Kier molecular flexibility index (Phi) is 2.77. The van der Waals surface area contributed by atoms with Crippen molar-refractivity contribution in [2.45, 2.75) is 6.04 Å². The maximum atomic E-state index is 5.91. The summed E-state index contributed by atoms with van der Waals surface area (Å²) in [6.45, 7) is 0. The molecular formula is C17H14N2O2. The second-order valence-corrected chi connectivity index (χ2v) is 4.97. The molecule has 0 aliphatic rings. The van der Waals surface area contributed by atoms with Crippen LogP contribution in [-0.4, -0.2) is 0 Å². The molecule has 0 spiro atoms. The number of hydrogen-bond acceptors (Lipinski definition) is 4. The zero-order valence-corrected chi connectivity index (χ0v) is 11.2. The molecule has 4 rings (SSSR count). The highest BCUT2D eigenvalue weighted by molar-refractivity contribution is 5.82. The standard InChI is InChI=1S/C17H14N2O2/c18-19-17(13-10-20-15-8-4-2-6-12(13)15)16-9-11-5-1-3-7-14(11)21-16/h1-10,17,19H,18H2. The first kappa shape index (κ1) is 12.2. The first-order valence-corrected chi connectivity index (χ1v) is 6.77. The van der Waals surface area contributed by atoms with Crippen LogP contribution in [0.4, 0.5) is 0 Å². The van der Waals surface area contributed by atoms with Gasteiger partial charge in [-0.3, -0.25) is 5.84 Å². The number of fused-ring (bicyclic) bond motifs is 2. The molecule has 0 aliphatic heterocycles. The summed E-state index contributed by atoms with van der Waals surface area (Å²) < 4.78 is 11.5. The second-order valence-electron chi connectivity index (χ2n) is 4.97. The average Bonchev–Trinajstić information content (AvgIpc) is 3.13. The van der Waals surface area contributed by atoms with E-state index in [4.69, 9.17) is 14.7 Å². The van der Waals surface area contributed by atoms with E-state index < -0.39 is 0 Å². The lowest BCUT2D eigenvalue weighted by atomic mass is 10.0. The van der Waals surface area contributed by atoms with E-state index >= 15 is 0 Å². The van der Waals surface area contributed by atoms with Gasteiger partial charge in [0.05, 0.1) is 6.26 Å². The zero-order chi connectivity index (χ0) is 14.2. The quantitative estimate of drug-likeness (QED) is 0.442. The Labute approximate surface area is 121 Å². The number of benzene rings is 2. The molecule has 3 N–H and O–H groups in total. The number of para-hydroxylation sites is 2. The highest BCUT2D eigenvalue weighted by Gasteiger charge is 2.21. The minimum Gasteiger partial charge on any atom is -0.464 e. The van der Waals surface area contributed by atoms with E-state index in [0.29, 0.717) is 0 Å². The summed E-state index contributed by atoms with van der Waals surface area (Å²) in [5.41, 5.74) is 5.47. The molecule has 0 radical (unpaired) electrons. The molecule has 21 heavy (non-hydrogen) atoms. The third kappa shape index (κ3) is 1.93. The smallest absolute Gasteiger partial charge is 0.134 e. The Morgan fingerprint density at radius 1 is 0.952 bits per heavy atom. The molecule has 4 nitrogen and oxygen atoms in total. The SMILES string of the molecule is NNC(c1cc2ccccc2o1)c1coc2ccccc12. The van der Waals surface area contributed by atoms with Gasteiger partial charge in [0.15, 0.2) is 0 Å². The van der Waals surface area contributed by atoms with Crippen LogP contribution in [0.3, 0.4) is 0 Å². The number of nitrogens with one attached hydrogen (secondary N) is 1. The minimum absolute atomic E-state index is 0.249. The molecule has 2 aromatic heterocycles. The summed E-state index contributed by atoms with van der Waals surface area (Å²) in [5, 5.41) is 2.08. The van der Waals surface area contributed by atoms with Crippen molar-refractivity contribution < 1.29 is 8.83 Å². The monoisotopic (exact) mass is 278 g/mol. The third-order valence-electron chi connectivity index (χ3n) is 3.72. The summed E-state index contributed by atoms with van der Waals surface area (Å²) >= 11 is 0. The highest BCUT2D eigenvalue weighted by atomic mass is 16.3. The predicted molar refractivity (Wildman–Crippen MR) is 81.6 cm³/mol. The average molecular weight is 278 g/mol. The van der Waals surface area contributed by atoms with E-state index in [0.717, 1.165) is 33.3 Å². The summed E-state index contributed by atoms with van der Waals surface area (Å²) in [4.78, 5) is 0. The van der Waals surface area contributed by atoms with Gasteiger partial charge in [0.2, 0.25) is 0 Å². The Balaban J connectivity index is 1.87. The van der Waals surface area contributed by atoms with Crippen LogP contribution in [0.2, 0.25) is 0 Å². The number of nitrogens with two attached hydrogens (primary N) is 1. The van der Waals surface area contributed by atoms with Crippen LogP contribution < -0.4 is 11.3 Å². The van der Waals surface area contributed by atoms with Crippen molar-refractivity contribution in [3.05, 3.63) is 72.2 Å². The van der Waals surface area contributed by atoms with E-state index in [1.807, 2.05) is 54.6 Å². The molecule has 0 amide bonds. The van der Waals surface area contributed by atoms with Gasteiger partial charge in [0, 0.05) is 16.3 Å². The van der Waals surface area contributed by atoms with Crippen LogP contribution in [0, 0.1) is 0 Å². The van der Waals surface area contributed by atoms with Crippen LogP contribution in [0.1, 0.15) is 17.4 Å². The van der Waals surface area contributed by atoms with Crippen LogP contribution >= 0.6 is 0 Å². The lowest BCUT2D eigenvalue weighted by molar-refractivity contribution is 0.474. The fourth-order valence-corrected chi connectivity index (χ4v) is 2.69. The van der Waals surface area contributed by atoms with Crippen LogP contribution in [-0.2, 0) is 0 Å². The van der Waals surface area contributed by atoms with Gasteiger partial charge < -0.3 is 8.83 Å². The van der Waals surface area contributed by atoms with Crippen molar-refractivity contribution in [3.63, 3.8) is 0 Å². The van der Waals surface area contributed by atoms with Gasteiger partial charge >= 0.3 is 0 Å². The summed E-state index contributed by atoms with van der Waals surface area (Å²) in [6.07, 6.45) is 1.72. The first-order chi connectivity index (χ1) is 10.4. The van der Waals surface area contributed by atoms with Crippen molar-refractivity contribution in [1.29, 1.82) is 0 Å². The number of hydrogen-bond donors (Lipinski definition) is 2. The zero-order valence-electron chi connectivity index (χ0n) is 11.2. The third-order valence-corrected chi connectivity index (χ3v) is 3.72. The van der Waals surface area contributed by atoms with Crippen molar-refractivity contribution >= 4 is 21.9 Å². The van der Waals surface area contributed by atoms with Crippen LogP contribution in [0.5, 0.6) is 0 Å². The van der Waals surface area contributed by atoms with E-state index in [9.17, 15) is 0 Å². The summed E-state index contributed by atoms with van der Waals surface area (Å²) in [6, 6.07) is 17.5. The molecule has 4 heteroatoms. The molecule has 0 saturated carbocycles. The fraction of sp³-hybridized carbons (Fsp3) is 0.0588.